The quantitative estimate of drug-likeness (QED) is 0.825. The van der Waals surface area contributed by atoms with E-state index < -0.39 is 11.9 Å². The molecule has 4 nitrogen and oxygen atoms in total. The Kier molecular flexibility index (Phi) is 4.55. The van der Waals surface area contributed by atoms with Gasteiger partial charge in [0.2, 0.25) is 5.91 Å². The minimum Gasteiger partial charge on any atom is -0.366 e. The van der Waals surface area contributed by atoms with Crippen LogP contribution in [0.25, 0.3) is 0 Å². The van der Waals surface area contributed by atoms with Gasteiger partial charge in [-0.25, -0.2) is 0 Å². The summed E-state index contributed by atoms with van der Waals surface area (Å²) >= 11 is 11.9. The summed E-state index contributed by atoms with van der Waals surface area (Å²) in [4.78, 5) is 14.0. The lowest BCUT2D eigenvalue weighted by Crippen LogP contribution is -2.49. The number of hydrogen-bond acceptors (Lipinski definition) is 2. The lowest BCUT2D eigenvalue weighted by molar-refractivity contribution is -0.114. The van der Waals surface area contributed by atoms with Gasteiger partial charge in [0, 0.05) is 16.4 Å². The molecular weight excluding hydrogens is 342 g/mol. The molecule has 122 valence electrons. The van der Waals surface area contributed by atoms with Gasteiger partial charge in [0.05, 0.1) is 11.6 Å². The summed E-state index contributed by atoms with van der Waals surface area (Å²) in [6.07, 6.45) is 0. The van der Waals surface area contributed by atoms with E-state index in [1.165, 1.54) is 0 Å². The summed E-state index contributed by atoms with van der Waals surface area (Å²) < 4.78 is 0. The fraction of sp³-hybridized carbons (Fsp3) is 0.111. The summed E-state index contributed by atoms with van der Waals surface area (Å²) in [5.41, 5.74) is 8.39. The molecule has 0 aromatic heterocycles. The topological polar surface area (TPSA) is 58.4 Å². The van der Waals surface area contributed by atoms with Crippen molar-refractivity contribution >= 4 is 40.5 Å². The zero-order valence-electron chi connectivity index (χ0n) is 13.0. The highest BCUT2D eigenvalue weighted by Gasteiger charge is 2.36. The molecule has 1 amide bonds. The molecule has 0 radical (unpaired) electrons. The Hall–Kier alpha value is -2.37. The minimum absolute atomic E-state index is 0.445. The van der Waals surface area contributed by atoms with E-state index in [4.69, 9.17) is 29.6 Å². The number of nitrogens with one attached hydrogen (secondary N) is 1. The Morgan fingerprint density at radius 3 is 2.42 bits per heavy atom. The molecule has 3 N–H and O–H groups in total. The van der Waals surface area contributed by atoms with Crippen LogP contribution >= 0.6 is 23.8 Å². The van der Waals surface area contributed by atoms with Gasteiger partial charge in [0.1, 0.15) is 0 Å². The molecule has 0 bridgehead atoms. The van der Waals surface area contributed by atoms with Crippen LogP contribution in [0, 0.1) is 0 Å². The van der Waals surface area contributed by atoms with Gasteiger partial charge in [0.15, 0.2) is 5.11 Å². The van der Waals surface area contributed by atoms with Crippen molar-refractivity contribution < 1.29 is 4.79 Å². The first kappa shape index (κ1) is 16.5. The molecule has 6 heteroatoms. The first-order valence-electron chi connectivity index (χ1n) is 7.41. The van der Waals surface area contributed by atoms with Crippen LogP contribution < -0.4 is 16.0 Å². The lowest BCUT2D eigenvalue weighted by Gasteiger charge is -2.40. The van der Waals surface area contributed by atoms with E-state index >= 15 is 0 Å². The molecule has 2 aromatic rings. The molecule has 1 atom stereocenters. The highest BCUT2D eigenvalue weighted by Crippen LogP contribution is 2.39. The number of nitrogens with two attached hydrogens (primary N) is 1. The van der Waals surface area contributed by atoms with E-state index in [9.17, 15) is 4.79 Å². The van der Waals surface area contributed by atoms with E-state index in [0.717, 1.165) is 11.3 Å². The Morgan fingerprint density at radius 1 is 1.17 bits per heavy atom. The molecule has 0 saturated carbocycles. The smallest absolute Gasteiger partial charge is 0.248 e. The number of halogens is 1. The average molecular weight is 358 g/mol. The number of benzene rings is 2. The van der Waals surface area contributed by atoms with Crippen LogP contribution in [0.4, 0.5) is 5.69 Å². The van der Waals surface area contributed by atoms with Crippen LogP contribution in [0.15, 0.2) is 65.9 Å². The van der Waals surface area contributed by atoms with Crippen molar-refractivity contribution in [1.82, 2.24) is 5.32 Å². The van der Waals surface area contributed by atoms with E-state index in [1.807, 2.05) is 53.4 Å². The molecule has 0 aliphatic carbocycles. The predicted octanol–water partition coefficient (Wildman–Crippen LogP) is 3.54. The van der Waals surface area contributed by atoms with Gasteiger partial charge >= 0.3 is 0 Å². The van der Waals surface area contributed by atoms with Crippen LogP contribution in [0.3, 0.4) is 0 Å². The summed E-state index contributed by atoms with van der Waals surface area (Å²) in [6, 6.07) is 16.5. The van der Waals surface area contributed by atoms with Crippen molar-refractivity contribution in [2.24, 2.45) is 5.73 Å². The summed E-state index contributed by atoms with van der Waals surface area (Å²) in [5, 5.41) is 4.12. The van der Waals surface area contributed by atoms with Crippen molar-refractivity contribution in [1.29, 1.82) is 0 Å². The summed E-state index contributed by atoms with van der Waals surface area (Å²) in [7, 11) is 0. The third kappa shape index (κ3) is 2.88. The van der Waals surface area contributed by atoms with Gasteiger partial charge < -0.3 is 16.0 Å². The Morgan fingerprint density at radius 2 is 1.79 bits per heavy atom. The number of carbonyl (C=O) groups is 1. The van der Waals surface area contributed by atoms with Gasteiger partial charge in [-0.15, -0.1) is 0 Å². The zero-order valence-corrected chi connectivity index (χ0v) is 14.6. The molecule has 1 aliphatic rings. The molecule has 2 aromatic carbocycles. The molecule has 1 heterocycles. The second-order valence-electron chi connectivity index (χ2n) is 5.46. The molecule has 0 fully saturated rings. The fourth-order valence-corrected chi connectivity index (χ4v) is 3.51. The predicted molar refractivity (Wildman–Crippen MR) is 101 cm³/mol. The molecular formula is C18H16ClN3OS. The van der Waals surface area contributed by atoms with Gasteiger partial charge in [-0.3, -0.25) is 4.79 Å². The number of rotatable bonds is 3. The maximum absolute atomic E-state index is 12.2. The van der Waals surface area contributed by atoms with Crippen LogP contribution in [-0.2, 0) is 4.79 Å². The largest absolute Gasteiger partial charge is 0.366 e. The Balaban J connectivity index is 2.25. The highest BCUT2D eigenvalue weighted by atomic mass is 35.5. The van der Waals surface area contributed by atoms with Crippen molar-refractivity contribution in [2.75, 3.05) is 4.90 Å². The van der Waals surface area contributed by atoms with Crippen LogP contribution in [0.1, 0.15) is 18.5 Å². The normalized spacial score (nSPS) is 17.7. The van der Waals surface area contributed by atoms with E-state index in [-0.39, 0.29) is 0 Å². The van der Waals surface area contributed by atoms with Gasteiger partial charge in [-0.2, -0.15) is 0 Å². The Labute approximate surface area is 150 Å². The number of anilines is 1. The Bertz CT molecular complexity index is 835. The average Bonchev–Trinajstić information content (AvgIpc) is 2.55. The summed E-state index contributed by atoms with van der Waals surface area (Å²) in [6.45, 7) is 1.79. The van der Waals surface area contributed by atoms with Gasteiger partial charge in [-0.1, -0.05) is 48.0 Å². The van der Waals surface area contributed by atoms with E-state index in [2.05, 4.69) is 5.32 Å². The lowest BCUT2D eigenvalue weighted by atomic mass is 9.93. The first-order chi connectivity index (χ1) is 11.5. The number of amides is 1. The number of hydrogen-bond donors (Lipinski definition) is 2. The zero-order chi connectivity index (χ0) is 17.3. The molecule has 0 spiro atoms. The maximum Gasteiger partial charge on any atom is 0.248 e. The maximum atomic E-state index is 12.2. The van der Waals surface area contributed by atoms with E-state index in [0.29, 0.717) is 21.4 Å². The highest BCUT2D eigenvalue weighted by molar-refractivity contribution is 7.80. The number of allylic oxidation sites excluding steroid dienone is 1. The van der Waals surface area contributed by atoms with Crippen molar-refractivity contribution in [2.45, 2.75) is 13.0 Å². The van der Waals surface area contributed by atoms with Gasteiger partial charge in [0.25, 0.3) is 0 Å². The number of para-hydroxylation sites is 1. The molecule has 0 saturated heterocycles. The van der Waals surface area contributed by atoms with Crippen LogP contribution in [-0.4, -0.2) is 11.0 Å². The van der Waals surface area contributed by atoms with Crippen molar-refractivity contribution in [3.8, 4) is 0 Å². The SMILES string of the molecule is CC1=C(C(N)=O)C(c2ccccc2Cl)N(c2ccccc2)C(=S)N1. The van der Waals surface area contributed by atoms with Gasteiger partial charge in [-0.05, 0) is 42.9 Å². The monoisotopic (exact) mass is 357 g/mol. The van der Waals surface area contributed by atoms with Crippen molar-refractivity contribution in [3.63, 3.8) is 0 Å². The van der Waals surface area contributed by atoms with Crippen molar-refractivity contribution in [3.05, 3.63) is 76.5 Å². The second-order valence-corrected chi connectivity index (χ2v) is 6.26. The number of carbonyl (C=O) groups excluding carboxylic acids is 1. The fourth-order valence-electron chi connectivity index (χ4n) is 2.91. The first-order valence-corrected chi connectivity index (χ1v) is 8.19. The standard InChI is InChI=1S/C18H16ClN3OS/c1-11-15(17(20)23)16(13-9-5-6-10-14(13)19)22(18(24)21-11)12-7-3-2-4-8-12/h2-10,16H,1H3,(H2,20,23)(H,21,24). The number of nitrogens with zero attached hydrogens (tertiary/aromatic N) is 1. The van der Waals surface area contributed by atoms with Crippen LogP contribution in [0.2, 0.25) is 5.02 Å². The molecule has 24 heavy (non-hydrogen) atoms. The summed E-state index contributed by atoms with van der Waals surface area (Å²) in [5.74, 6) is -0.506. The third-order valence-electron chi connectivity index (χ3n) is 3.95. The second kappa shape index (κ2) is 6.63. The molecule has 3 rings (SSSR count). The molecule has 1 aliphatic heterocycles. The van der Waals surface area contributed by atoms with E-state index in [1.54, 1.807) is 13.0 Å². The number of thiocarbonyl (C=S) groups is 1. The van der Waals surface area contributed by atoms with Crippen LogP contribution in [0.5, 0.6) is 0 Å². The number of primary amides is 1. The third-order valence-corrected chi connectivity index (χ3v) is 4.59. The minimum atomic E-state index is -0.506. The molecule has 1 unspecified atom stereocenters.